The van der Waals surface area contributed by atoms with Crippen LogP contribution in [0, 0.1) is 11.6 Å². The first-order valence-corrected chi connectivity index (χ1v) is 6.71. The molecular weight excluding hydrogens is 282 g/mol. The lowest BCUT2D eigenvalue weighted by Crippen LogP contribution is -2.47. The van der Waals surface area contributed by atoms with Crippen molar-refractivity contribution in [2.24, 2.45) is 0 Å². The third-order valence-corrected chi connectivity index (χ3v) is 3.77. The number of ether oxygens (including phenoxy) is 1. The largest absolute Gasteiger partial charge is 0.379 e. The van der Waals surface area contributed by atoms with E-state index in [0.29, 0.717) is 26.3 Å². The van der Waals surface area contributed by atoms with Crippen molar-refractivity contribution in [1.29, 1.82) is 0 Å². The summed E-state index contributed by atoms with van der Waals surface area (Å²) in [6.07, 6.45) is 0.0534. The monoisotopic (exact) mass is 296 g/mol. The summed E-state index contributed by atoms with van der Waals surface area (Å²) < 4.78 is 31.5. The third-order valence-electron chi connectivity index (χ3n) is 3.77. The number of hydrogen-bond acceptors (Lipinski definition) is 4. The predicted molar refractivity (Wildman–Crippen MR) is 69.6 cm³/mol. The SMILES string of the molecule is O=C1C[C@@H](N2CCOCC2)C(=O)N1c1ccc(F)c(F)c1. The van der Waals surface area contributed by atoms with E-state index in [-0.39, 0.29) is 12.1 Å². The molecule has 7 heteroatoms. The molecule has 0 aliphatic carbocycles. The highest BCUT2D eigenvalue weighted by Crippen LogP contribution is 2.27. The second-order valence-electron chi connectivity index (χ2n) is 5.03. The van der Waals surface area contributed by atoms with Crippen molar-refractivity contribution in [1.82, 2.24) is 4.90 Å². The Morgan fingerprint density at radius 1 is 1.10 bits per heavy atom. The normalized spacial score (nSPS) is 23.9. The Bertz CT molecular complexity index is 588. The van der Waals surface area contributed by atoms with Gasteiger partial charge in [0.05, 0.1) is 31.4 Å². The number of benzene rings is 1. The van der Waals surface area contributed by atoms with Crippen molar-refractivity contribution in [2.45, 2.75) is 12.5 Å². The minimum absolute atomic E-state index is 0.0534. The van der Waals surface area contributed by atoms with Gasteiger partial charge < -0.3 is 4.74 Å². The quantitative estimate of drug-likeness (QED) is 0.762. The van der Waals surface area contributed by atoms with Crippen LogP contribution in [0.25, 0.3) is 0 Å². The number of carbonyl (C=O) groups is 2. The highest BCUT2D eigenvalue weighted by molar-refractivity contribution is 6.22. The van der Waals surface area contributed by atoms with E-state index < -0.39 is 29.5 Å². The molecular formula is C14H14F2N2O3. The van der Waals surface area contributed by atoms with E-state index >= 15 is 0 Å². The summed E-state index contributed by atoms with van der Waals surface area (Å²) in [6.45, 7) is 2.19. The van der Waals surface area contributed by atoms with E-state index in [2.05, 4.69) is 0 Å². The Hall–Kier alpha value is -1.86. The highest BCUT2D eigenvalue weighted by Gasteiger charge is 2.43. The smallest absolute Gasteiger partial charge is 0.251 e. The molecule has 0 aromatic heterocycles. The molecule has 2 aliphatic rings. The molecule has 2 aliphatic heterocycles. The van der Waals surface area contributed by atoms with Crippen LogP contribution in [-0.2, 0) is 14.3 Å². The summed E-state index contributed by atoms with van der Waals surface area (Å²) in [5.74, 6) is -2.89. The van der Waals surface area contributed by atoms with Gasteiger partial charge in [0.2, 0.25) is 5.91 Å². The predicted octanol–water partition coefficient (Wildman–Crippen LogP) is 0.929. The van der Waals surface area contributed by atoms with Crippen molar-refractivity contribution in [3.8, 4) is 0 Å². The van der Waals surface area contributed by atoms with E-state index in [1.165, 1.54) is 6.07 Å². The highest BCUT2D eigenvalue weighted by atomic mass is 19.2. The first-order valence-electron chi connectivity index (χ1n) is 6.71. The van der Waals surface area contributed by atoms with Crippen molar-refractivity contribution in [2.75, 3.05) is 31.2 Å². The van der Waals surface area contributed by atoms with Crippen LogP contribution >= 0.6 is 0 Å². The van der Waals surface area contributed by atoms with E-state index in [1.807, 2.05) is 4.90 Å². The molecule has 21 heavy (non-hydrogen) atoms. The number of morpholine rings is 1. The number of halogens is 2. The summed E-state index contributed by atoms with van der Waals surface area (Å²) in [6, 6.07) is 2.46. The number of anilines is 1. The van der Waals surface area contributed by atoms with Gasteiger partial charge in [0.25, 0.3) is 5.91 Å². The molecule has 112 valence electrons. The van der Waals surface area contributed by atoms with Crippen LogP contribution in [0.5, 0.6) is 0 Å². The fraction of sp³-hybridized carbons (Fsp3) is 0.429. The molecule has 5 nitrogen and oxygen atoms in total. The van der Waals surface area contributed by atoms with Gasteiger partial charge in [-0.25, -0.2) is 13.7 Å². The molecule has 0 N–H and O–H groups in total. The first-order chi connectivity index (χ1) is 10.1. The molecule has 0 bridgehead atoms. The minimum Gasteiger partial charge on any atom is -0.379 e. The number of amides is 2. The van der Waals surface area contributed by atoms with Crippen LogP contribution in [0.15, 0.2) is 18.2 Å². The van der Waals surface area contributed by atoms with Gasteiger partial charge >= 0.3 is 0 Å². The summed E-state index contributed by atoms with van der Waals surface area (Å²) in [5, 5.41) is 0. The zero-order valence-corrected chi connectivity index (χ0v) is 11.2. The van der Waals surface area contributed by atoms with Crippen molar-refractivity contribution >= 4 is 17.5 Å². The van der Waals surface area contributed by atoms with Gasteiger partial charge in [0, 0.05) is 19.2 Å². The molecule has 0 spiro atoms. The summed E-state index contributed by atoms with van der Waals surface area (Å²) in [4.78, 5) is 27.3. The van der Waals surface area contributed by atoms with E-state index in [9.17, 15) is 18.4 Å². The standard InChI is InChI=1S/C14H14F2N2O3/c15-10-2-1-9(7-11(10)16)18-13(19)8-12(14(18)20)17-3-5-21-6-4-17/h1-2,7,12H,3-6,8H2/t12-/m1/s1. The molecule has 0 saturated carbocycles. The van der Waals surface area contributed by atoms with Crippen molar-refractivity contribution < 1.29 is 23.1 Å². The summed E-state index contributed by atoms with van der Waals surface area (Å²) >= 11 is 0. The van der Waals surface area contributed by atoms with Gasteiger partial charge in [-0.15, -0.1) is 0 Å². The average molecular weight is 296 g/mol. The summed E-state index contributed by atoms with van der Waals surface area (Å²) in [5.41, 5.74) is 0.0691. The zero-order valence-electron chi connectivity index (χ0n) is 11.2. The molecule has 2 heterocycles. The Morgan fingerprint density at radius 2 is 1.81 bits per heavy atom. The number of nitrogens with zero attached hydrogens (tertiary/aromatic N) is 2. The van der Waals surface area contributed by atoms with Gasteiger partial charge in [0.1, 0.15) is 0 Å². The van der Waals surface area contributed by atoms with Crippen molar-refractivity contribution in [3.05, 3.63) is 29.8 Å². The third kappa shape index (κ3) is 2.54. The minimum atomic E-state index is -1.08. The molecule has 1 aromatic carbocycles. The Balaban J connectivity index is 1.84. The maximum absolute atomic E-state index is 13.3. The fourth-order valence-corrected chi connectivity index (χ4v) is 2.69. The van der Waals surface area contributed by atoms with Gasteiger partial charge in [-0.3, -0.25) is 14.5 Å². The van der Waals surface area contributed by atoms with Crippen LogP contribution in [0.4, 0.5) is 14.5 Å². The molecule has 2 amide bonds. The number of rotatable bonds is 2. The van der Waals surface area contributed by atoms with Crippen molar-refractivity contribution in [3.63, 3.8) is 0 Å². The molecule has 1 atom stereocenters. The van der Waals surface area contributed by atoms with Gasteiger partial charge in [0.15, 0.2) is 11.6 Å². The lowest BCUT2D eigenvalue weighted by molar-refractivity contribution is -0.123. The second-order valence-corrected chi connectivity index (χ2v) is 5.03. The van der Waals surface area contributed by atoms with Gasteiger partial charge in [-0.05, 0) is 12.1 Å². The molecule has 2 saturated heterocycles. The van der Waals surface area contributed by atoms with E-state index in [4.69, 9.17) is 4.74 Å². The van der Waals surface area contributed by atoms with E-state index in [0.717, 1.165) is 17.0 Å². The topological polar surface area (TPSA) is 49.9 Å². The molecule has 1 aromatic rings. The molecule has 0 radical (unpaired) electrons. The fourth-order valence-electron chi connectivity index (χ4n) is 2.69. The van der Waals surface area contributed by atoms with Gasteiger partial charge in [-0.2, -0.15) is 0 Å². The maximum atomic E-state index is 13.3. The van der Waals surface area contributed by atoms with Crippen LogP contribution in [0.2, 0.25) is 0 Å². The lowest BCUT2D eigenvalue weighted by atomic mass is 10.2. The number of hydrogen-bond donors (Lipinski definition) is 0. The van der Waals surface area contributed by atoms with Crippen LogP contribution in [0.1, 0.15) is 6.42 Å². The van der Waals surface area contributed by atoms with Crippen LogP contribution < -0.4 is 4.90 Å². The zero-order chi connectivity index (χ0) is 15.0. The van der Waals surface area contributed by atoms with E-state index in [1.54, 1.807) is 0 Å². The van der Waals surface area contributed by atoms with Crippen LogP contribution in [0.3, 0.4) is 0 Å². The Morgan fingerprint density at radius 3 is 2.48 bits per heavy atom. The Kier molecular flexibility index (Phi) is 3.69. The first kappa shape index (κ1) is 14.1. The second kappa shape index (κ2) is 5.50. The summed E-state index contributed by atoms with van der Waals surface area (Å²) in [7, 11) is 0. The molecule has 0 unspecified atom stereocenters. The molecule has 3 rings (SSSR count). The lowest BCUT2D eigenvalue weighted by Gasteiger charge is -2.30. The van der Waals surface area contributed by atoms with Gasteiger partial charge in [-0.1, -0.05) is 0 Å². The average Bonchev–Trinajstić information content (AvgIpc) is 2.78. The Labute approximate surface area is 120 Å². The number of carbonyl (C=O) groups excluding carboxylic acids is 2. The van der Waals surface area contributed by atoms with Crippen LogP contribution in [-0.4, -0.2) is 49.1 Å². The molecule has 2 fully saturated rings. The number of imide groups is 1. The maximum Gasteiger partial charge on any atom is 0.251 e.